The van der Waals surface area contributed by atoms with Crippen LogP contribution in [0.1, 0.15) is 20.7 Å². The molecule has 1 aromatic carbocycles. The predicted molar refractivity (Wildman–Crippen MR) is 61.7 cm³/mol. The molecule has 10 heteroatoms. The van der Waals surface area contributed by atoms with Gasteiger partial charge in [-0.2, -0.15) is 8.42 Å². The van der Waals surface area contributed by atoms with Crippen molar-refractivity contribution in [2.24, 2.45) is 0 Å². The average Bonchev–Trinajstić information content (AvgIpc) is 2.33. The number of aromatic carboxylic acids is 1. The highest BCUT2D eigenvalue weighted by molar-refractivity contribution is 7.86. The molecule has 110 valence electrons. The minimum absolute atomic E-state index is 0.729. The summed E-state index contributed by atoms with van der Waals surface area (Å²) < 4.78 is 35.8. The highest BCUT2D eigenvalue weighted by atomic mass is 32.2. The summed E-state index contributed by atoms with van der Waals surface area (Å²) >= 11 is 0. The number of hydrogen-bond donors (Lipinski definition) is 4. The fourth-order valence-corrected chi connectivity index (χ4v) is 2.23. The molecular formula is C10H10O9S. The molecule has 0 heterocycles. The quantitative estimate of drug-likeness (QED) is 0.307. The summed E-state index contributed by atoms with van der Waals surface area (Å²) in [6, 6.07) is 2.87. The van der Waals surface area contributed by atoms with Crippen LogP contribution >= 0.6 is 0 Å². The average molecular weight is 306 g/mol. The molecule has 4 N–H and O–H groups in total. The Morgan fingerprint density at radius 1 is 1.20 bits per heavy atom. The lowest BCUT2D eigenvalue weighted by Gasteiger charge is -2.10. The van der Waals surface area contributed by atoms with Crippen LogP contribution in [0.2, 0.25) is 0 Å². The number of carboxylic acid groups (broad SMARTS) is 1. The van der Waals surface area contributed by atoms with Crippen molar-refractivity contribution in [1.82, 2.24) is 0 Å². The Morgan fingerprint density at radius 2 is 1.75 bits per heavy atom. The maximum Gasteiger partial charge on any atom is 0.339 e. The van der Waals surface area contributed by atoms with E-state index < -0.39 is 51.0 Å². The van der Waals surface area contributed by atoms with Crippen LogP contribution in [0.5, 0.6) is 0 Å². The van der Waals surface area contributed by atoms with Crippen LogP contribution < -0.4 is 0 Å². The molecule has 0 saturated heterocycles. The van der Waals surface area contributed by atoms with E-state index in [0.717, 1.165) is 18.2 Å². The van der Waals surface area contributed by atoms with E-state index in [-0.39, 0.29) is 0 Å². The van der Waals surface area contributed by atoms with Gasteiger partial charge >= 0.3 is 11.9 Å². The van der Waals surface area contributed by atoms with Gasteiger partial charge < -0.3 is 20.1 Å². The molecule has 0 aliphatic heterocycles. The number of ether oxygens (including phenoxy) is 1. The zero-order chi connectivity index (χ0) is 15.5. The molecule has 0 saturated carbocycles. The lowest BCUT2D eigenvalue weighted by atomic mass is 10.1. The van der Waals surface area contributed by atoms with Crippen molar-refractivity contribution >= 4 is 22.1 Å². The summed E-state index contributed by atoms with van der Waals surface area (Å²) in [6.07, 6.45) is -1.98. The lowest BCUT2D eigenvalue weighted by Crippen LogP contribution is -2.20. The van der Waals surface area contributed by atoms with Gasteiger partial charge in [-0.3, -0.25) is 4.55 Å². The van der Waals surface area contributed by atoms with E-state index in [0.29, 0.717) is 0 Å². The van der Waals surface area contributed by atoms with Crippen molar-refractivity contribution in [3.05, 3.63) is 29.3 Å². The summed E-state index contributed by atoms with van der Waals surface area (Å²) in [6.45, 7) is -0.846. The third-order valence-corrected chi connectivity index (χ3v) is 3.04. The highest BCUT2D eigenvalue weighted by Crippen LogP contribution is 2.22. The molecule has 0 aliphatic rings. The summed E-state index contributed by atoms with van der Waals surface area (Å²) in [5.74, 6) is -3.00. The predicted octanol–water partition coefficient (Wildman–Crippen LogP) is -0.901. The van der Waals surface area contributed by atoms with Crippen LogP contribution in [-0.2, 0) is 14.9 Å². The number of rotatable bonds is 5. The fraction of sp³-hybridized carbons (Fsp3) is 0.200. The van der Waals surface area contributed by atoms with Crippen molar-refractivity contribution in [2.45, 2.75) is 11.2 Å². The lowest BCUT2D eigenvalue weighted by molar-refractivity contribution is -0.0813. The van der Waals surface area contributed by atoms with Gasteiger partial charge in [-0.1, -0.05) is 6.07 Å². The summed E-state index contributed by atoms with van der Waals surface area (Å²) in [4.78, 5) is 21.4. The van der Waals surface area contributed by atoms with Crippen LogP contribution in [-0.4, -0.2) is 53.1 Å². The second kappa shape index (κ2) is 5.96. The fourth-order valence-electron chi connectivity index (χ4n) is 1.37. The third-order valence-electron chi connectivity index (χ3n) is 2.09. The SMILES string of the molecule is O=C(O)c1cccc(C(=O)OCC(O)O)c1S(=O)(=O)O. The van der Waals surface area contributed by atoms with E-state index in [9.17, 15) is 18.0 Å². The van der Waals surface area contributed by atoms with Crippen molar-refractivity contribution in [3.63, 3.8) is 0 Å². The van der Waals surface area contributed by atoms with Gasteiger partial charge in [0.05, 0.1) is 11.1 Å². The number of carboxylic acids is 1. The van der Waals surface area contributed by atoms with Gasteiger partial charge in [0.2, 0.25) is 0 Å². The van der Waals surface area contributed by atoms with E-state index in [1.165, 1.54) is 0 Å². The Labute approximate surface area is 112 Å². The zero-order valence-corrected chi connectivity index (χ0v) is 10.6. The molecule has 0 unspecified atom stereocenters. The maximum atomic E-state index is 11.6. The zero-order valence-electron chi connectivity index (χ0n) is 9.75. The van der Waals surface area contributed by atoms with Gasteiger partial charge in [-0.05, 0) is 12.1 Å². The highest BCUT2D eigenvalue weighted by Gasteiger charge is 2.28. The van der Waals surface area contributed by atoms with Gasteiger partial charge in [-0.15, -0.1) is 0 Å². The second-order valence-electron chi connectivity index (χ2n) is 3.54. The minimum Gasteiger partial charge on any atom is -0.478 e. The van der Waals surface area contributed by atoms with Crippen molar-refractivity contribution in [1.29, 1.82) is 0 Å². The molecular weight excluding hydrogens is 296 g/mol. The van der Waals surface area contributed by atoms with Crippen LogP contribution in [0, 0.1) is 0 Å². The number of aliphatic hydroxyl groups is 2. The minimum atomic E-state index is -5.00. The Hall–Kier alpha value is -2.01. The van der Waals surface area contributed by atoms with E-state index in [2.05, 4.69) is 4.74 Å². The number of esters is 1. The van der Waals surface area contributed by atoms with E-state index in [1.54, 1.807) is 0 Å². The molecule has 0 amide bonds. The van der Waals surface area contributed by atoms with Crippen molar-refractivity contribution in [2.75, 3.05) is 6.61 Å². The first kappa shape index (κ1) is 16.0. The molecule has 0 atom stereocenters. The van der Waals surface area contributed by atoms with Gasteiger partial charge in [0.25, 0.3) is 10.1 Å². The molecule has 1 aromatic rings. The molecule has 0 bridgehead atoms. The molecule has 0 aliphatic carbocycles. The monoisotopic (exact) mass is 306 g/mol. The van der Waals surface area contributed by atoms with E-state index >= 15 is 0 Å². The maximum absolute atomic E-state index is 11.6. The van der Waals surface area contributed by atoms with Gasteiger partial charge in [0, 0.05) is 0 Å². The van der Waals surface area contributed by atoms with Crippen LogP contribution in [0.4, 0.5) is 0 Å². The van der Waals surface area contributed by atoms with Crippen molar-refractivity contribution in [3.8, 4) is 0 Å². The molecule has 0 spiro atoms. The Bertz CT molecular complexity index is 632. The van der Waals surface area contributed by atoms with Crippen LogP contribution in [0.3, 0.4) is 0 Å². The van der Waals surface area contributed by atoms with Gasteiger partial charge in [0.15, 0.2) is 6.29 Å². The van der Waals surface area contributed by atoms with Crippen LogP contribution in [0.25, 0.3) is 0 Å². The first-order valence-electron chi connectivity index (χ1n) is 5.01. The normalized spacial score (nSPS) is 11.4. The summed E-state index contributed by atoms with van der Waals surface area (Å²) in [5, 5.41) is 25.9. The number of hydrogen-bond acceptors (Lipinski definition) is 7. The molecule has 9 nitrogen and oxygen atoms in total. The Kier molecular flexibility index (Phi) is 4.78. The number of benzene rings is 1. The van der Waals surface area contributed by atoms with E-state index in [4.69, 9.17) is 19.9 Å². The molecule has 0 fully saturated rings. The van der Waals surface area contributed by atoms with Gasteiger partial charge in [-0.25, -0.2) is 9.59 Å². The summed E-state index contributed by atoms with van der Waals surface area (Å²) in [5.41, 5.74) is -1.54. The standard InChI is InChI=1S/C10H10O9S/c11-7(12)4-19-10(15)6-3-1-2-5(9(13)14)8(6)20(16,17)18/h1-3,7,11-12H,4H2,(H,13,14)(H,16,17,18). The Balaban J connectivity index is 3.37. The smallest absolute Gasteiger partial charge is 0.339 e. The molecule has 1 rings (SSSR count). The van der Waals surface area contributed by atoms with Crippen LogP contribution in [0.15, 0.2) is 23.1 Å². The van der Waals surface area contributed by atoms with Crippen molar-refractivity contribution < 1.29 is 42.6 Å². The van der Waals surface area contributed by atoms with Gasteiger partial charge in [0.1, 0.15) is 11.5 Å². The first-order valence-corrected chi connectivity index (χ1v) is 6.45. The second-order valence-corrected chi connectivity index (χ2v) is 4.90. The largest absolute Gasteiger partial charge is 0.478 e. The first-order chi connectivity index (χ1) is 9.14. The molecule has 0 aromatic heterocycles. The number of aliphatic hydroxyl groups excluding tert-OH is 1. The molecule has 0 radical (unpaired) electrons. The molecule has 20 heavy (non-hydrogen) atoms. The Morgan fingerprint density at radius 3 is 2.20 bits per heavy atom. The topological polar surface area (TPSA) is 158 Å². The number of carbonyl (C=O) groups excluding carboxylic acids is 1. The number of carbonyl (C=O) groups is 2. The third kappa shape index (κ3) is 3.74. The van der Waals surface area contributed by atoms with E-state index in [1.807, 2.05) is 0 Å². The summed E-state index contributed by atoms with van der Waals surface area (Å²) in [7, 11) is -5.00.